The third kappa shape index (κ3) is 2.17. The molecule has 4 heteroatoms. The van der Waals surface area contributed by atoms with Crippen molar-refractivity contribution < 1.29 is 9.59 Å². The van der Waals surface area contributed by atoms with Crippen LogP contribution in [0.3, 0.4) is 0 Å². The van der Waals surface area contributed by atoms with Crippen molar-refractivity contribution in [3.8, 4) is 0 Å². The van der Waals surface area contributed by atoms with Gasteiger partial charge in [0.2, 0.25) is 0 Å². The molecule has 0 spiro atoms. The number of fused-ring (bicyclic) bond motifs is 1. The molecule has 0 bridgehead atoms. The minimum absolute atomic E-state index is 0.319. The molecule has 0 radical (unpaired) electrons. The van der Waals surface area contributed by atoms with E-state index in [1.54, 1.807) is 12.1 Å². The number of imide groups is 1. The van der Waals surface area contributed by atoms with Crippen LogP contribution in [-0.4, -0.2) is 17.1 Å². The van der Waals surface area contributed by atoms with Gasteiger partial charge in [0.1, 0.15) is 0 Å². The molecule has 1 aromatic carbocycles. The highest BCUT2D eigenvalue weighted by Gasteiger charge is 2.29. The maximum atomic E-state index is 11.7. The van der Waals surface area contributed by atoms with Crippen LogP contribution in [0.2, 0.25) is 0 Å². The van der Waals surface area contributed by atoms with Crippen LogP contribution in [0.5, 0.6) is 0 Å². The molecule has 0 saturated heterocycles. The van der Waals surface area contributed by atoms with E-state index >= 15 is 0 Å². The second kappa shape index (κ2) is 4.84. The van der Waals surface area contributed by atoms with Gasteiger partial charge >= 0.3 is 0 Å². The first-order valence-corrected chi connectivity index (χ1v) is 6.50. The number of benzene rings is 1. The summed E-state index contributed by atoms with van der Waals surface area (Å²) in [5.74, 6) is -0.638. The Labute approximate surface area is 108 Å². The molecule has 1 heterocycles. The fraction of sp³-hybridized carbons (Fsp3) is 0.231. The van der Waals surface area contributed by atoms with E-state index in [9.17, 15) is 9.59 Å². The topological polar surface area (TPSA) is 46.2 Å². The van der Waals surface area contributed by atoms with E-state index in [1.807, 2.05) is 6.07 Å². The number of amides is 2. The smallest absolute Gasteiger partial charge is 0.259 e. The second-order valence-electron chi connectivity index (χ2n) is 3.91. The Morgan fingerprint density at radius 3 is 2.76 bits per heavy atom. The number of hydrogen-bond donors (Lipinski definition) is 1. The summed E-state index contributed by atoms with van der Waals surface area (Å²) < 4.78 is 0. The Balaban J connectivity index is 2.40. The van der Waals surface area contributed by atoms with Crippen LogP contribution >= 0.6 is 15.9 Å². The van der Waals surface area contributed by atoms with E-state index in [-0.39, 0.29) is 11.8 Å². The van der Waals surface area contributed by atoms with Gasteiger partial charge in [0.05, 0.1) is 11.1 Å². The highest BCUT2D eigenvalue weighted by molar-refractivity contribution is 9.09. The third-order valence-electron chi connectivity index (χ3n) is 2.76. The molecule has 17 heavy (non-hydrogen) atoms. The van der Waals surface area contributed by atoms with E-state index in [0.717, 1.165) is 29.3 Å². The second-order valence-corrected chi connectivity index (χ2v) is 4.70. The molecule has 1 N–H and O–H groups in total. The van der Waals surface area contributed by atoms with Crippen LogP contribution in [0.4, 0.5) is 0 Å². The average molecular weight is 294 g/mol. The predicted molar refractivity (Wildman–Crippen MR) is 70.3 cm³/mol. The molecule has 3 nitrogen and oxygen atoms in total. The number of halogens is 1. The van der Waals surface area contributed by atoms with E-state index in [2.05, 4.69) is 27.8 Å². The quantitative estimate of drug-likeness (QED) is 0.685. The number of carbonyl (C=O) groups is 2. The summed E-state index contributed by atoms with van der Waals surface area (Å²) in [5.41, 5.74) is 2.60. The van der Waals surface area contributed by atoms with Gasteiger partial charge in [0.25, 0.3) is 11.8 Å². The van der Waals surface area contributed by atoms with Gasteiger partial charge in [0, 0.05) is 5.33 Å². The molecule has 0 unspecified atom stereocenters. The van der Waals surface area contributed by atoms with Crippen LogP contribution in [-0.2, 0) is 0 Å². The minimum atomic E-state index is -0.319. The Morgan fingerprint density at radius 1 is 1.29 bits per heavy atom. The lowest BCUT2D eigenvalue weighted by atomic mass is 9.95. The van der Waals surface area contributed by atoms with E-state index in [1.165, 1.54) is 0 Å². The predicted octanol–water partition coefficient (Wildman–Crippen LogP) is 2.76. The molecule has 0 saturated carbocycles. The first-order chi connectivity index (χ1) is 8.15. The zero-order valence-electron chi connectivity index (χ0n) is 9.25. The molecular weight excluding hydrogens is 282 g/mol. The molecular formula is C13H12BrNO2. The SMILES string of the molecule is C=C(CCCBr)c1cccc2c1C(=O)NC2=O. The highest BCUT2D eigenvalue weighted by atomic mass is 79.9. The molecule has 88 valence electrons. The summed E-state index contributed by atoms with van der Waals surface area (Å²) in [4.78, 5) is 23.2. The fourth-order valence-corrected chi connectivity index (χ4v) is 2.21. The Bertz CT molecular complexity index is 508. The third-order valence-corrected chi connectivity index (χ3v) is 3.32. The largest absolute Gasteiger partial charge is 0.288 e. The van der Waals surface area contributed by atoms with Gasteiger partial charge in [-0.1, -0.05) is 34.6 Å². The van der Waals surface area contributed by atoms with Crippen molar-refractivity contribution in [1.29, 1.82) is 0 Å². The lowest BCUT2D eigenvalue weighted by molar-refractivity contribution is 0.0879. The van der Waals surface area contributed by atoms with Gasteiger partial charge in [-0.05, 0) is 30.0 Å². The van der Waals surface area contributed by atoms with Gasteiger partial charge in [-0.15, -0.1) is 0 Å². The summed E-state index contributed by atoms with van der Waals surface area (Å²) in [5, 5.41) is 3.20. The summed E-state index contributed by atoms with van der Waals surface area (Å²) in [6.07, 6.45) is 1.77. The molecule has 0 aromatic heterocycles. The molecule has 0 atom stereocenters. The molecule has 1 aromatic rings. The number of nitrogens with one attached hydrogen (secondary N) is 1. The maximum absolute atomic E-state index is 11.7. The van der Waals surface area contributed by atoms with Crippen LogP contribution in [0.1, 0.15) is 39.1 Å². The molecule has 1 aliphatic rings. The van der Waals surface area contributed by atoms with Crippen LogP contribution in [0, 0.1) is 0 Å². The molecule has 1 aliphatic heterocycles. The molecule has 2 rings (SSSR count). The van der Waals surface area contributed by atoms with Crippen LogP contribution in [0.15, 0.2) is 24.8 Å². The van der Waals surface area contributed by atoms with Gasteiger partial charge in [-0.3, -0.25) is 14.9 Å². The monoisotopic (exact) mass is 293 g/mol. The number of rotatable bonds is 4. The maximum Gasteiger partial charge on any atom is 0.259 e. The molecule has 2 amide bonds. The van der Waals surface area contributed by atoms with Crippen molar-refractivity contribution in [3.63, 3.8) is 0 Å². The molecule has 0 fully saturated rings. The summed E-state index contributed by atoms with van der Waals surface area (Å²) in [6, 6.07) is 5.29. The standard InChI is InChI=1S/C13H12BrNO2/c1-8(4-3-7-14)9-5-2-6-10-11(9)13(17)15-12(10)16/h2,5-6H,1,3-4,7H2,(H,15,16,17). The van der Waals surface area contributed by atoms with Crippen molar-refractivity contribution in [3.05, 3.63) is 41.5 Å². The fourth-order valence-electron chi connectivity index (χ4n) is 1.93. The first-order valence-electron chi connectivity index (χ1n) is 5.38. The number of alkyl halides is 1. The highest BCUT2D eigenvalue weighted by Crippen LogP contribution is 2.27. The Hall–Kier alpha value is -1.42. The van der Waals surface area contributed by atoms with E-state index in [0.29, 0.717) is 11.1 Å². The van der Waals surface area contributed by atoms with Gasteiger partial charge in [-0.25, -0.2) is 0 Å². The zero-order chi connectivity index (χ0) is 12.4. The Kier molecular flexibility index (Phi) is 3.43. The molecule has 0 aliphatic carbocycles. The number of allylic oxidation sites excluding steroid dienone is 1. The van der Waals surface area contributed by atoms with Crippen LogP contribution < -0.4 is 5.32 Å². The normalized spacial score (nSPS) is 13.5. The van der Waals surface area contributed by atoms with E-state index < -0.39 is 0 Å². The average Bonchev–Trinajstić information content (AvgIpc) is 2.62. The lowest BCUT2D eigenvalue weighted by Crippen LogP contribution is -2.20. The first kappa shape index (κ1) is 12.0. The van der Waals surface area contributed by atoms with Crippen molar-refractivity contribution in [2.75, 3.05) is 5.33 Å². The van der Waals surface area contributed by atoms with Crippen molar-refractivity contribution in [2.45, 2.75) is 12.8 Å². The number of carbonyl (C=O) groups excluding carboxylic acids is 2. The van der Waals surface area contributed by atoms with Crippen molar-refractivity contribution in [1.82, 2.24) is 5.32 Å². The van der Waals surface area contributed by atoms with Gasteiger partial charge < -0.3 is 0 Å². The Morgan fingerprint density at radius 2 is 2.06 bits per heavy atom. The summed E-state index contributed by atoms with van der Waals surface area (Å²) in [7, 11) is 0. The van der Waals surface area contributed by atoms with Crippen LogP contribution in [0.25, 0.3) is 5.57 Å². The summed E-state index contributed by atoms with van der Waals surface area (Å²) in [6.45, 7) is 3.99. The van der Waals surface area contributed by atoms with Gasteiger partial charge in [-0.2, -0.15) is 0 Å². The minimum Gasteiger partial charge on any atom is -0.288 e. The zero-order valence-corrected chi connectivity index (χ0v) is 10.8. The number of hydrogen-bond acceptors (Lipinski definition) is 2. The van der Waals surface area contributed by atoms with Gasteiger partial charge in [0.15, 0.2) is 0 Å². The van der Waals surface area contributed by atoms with Crippen molar-refractivity contribution in [2.24, 2.45) is 0 Å². The lowest BCUT2D eigenvalue weighted by Gasteiger charge is -2.08. The van der Waals surface area contributed by atoms with E-state index in [4.69, 9.17) is 0 Å². The van der Waals surface area contributed by atoms with Crippen molar-refractivity contribution >= 4 is 33.3 Å². The summed E-state index contributed by atoms with van der Waals surface area (Å²) >= 11 is 3.36.